The van der Waals surface area contributed by atoms with Crippen LogP contribution in [0.2, 0.25) is 5.02 Å². The van der Waals surface area contributed by atoms with Crippen LogP contribution in [-0.2, 0) is 33.7 Å². The number of nitrogens with one attached hydrogen (secondary N) is 1. The number of ether oxygens (including phenoxy) is 1. The van der Waals surface area contributed by atoms with Crippen molar-refractivity contribution in [3.05, 3.63) is 107 Å². The van der Waals surface area contributed by atoms with E-state index < -0.39 is 6.04 Å². The molecule has 0 spiro atoms. The van der Waals surface area contributed by atoms with Crippen molar-refractivity contribution >= 4 is 23.4 Å². The maximum atomic E-state index is 13.7. The van der Waals surface area contributed by atoms with Gasteiger partial charge >= 0.3 is 0 Å². The highest BCUT2D eigenvalue weighted by molar-refractivity contribution is 6.30. The summed E-state index contributed by atoms with van der Waals surface area (Å²) in [6, 6.07) is 26.2. The van der Waals surface area contributed by atoms with Crippen molar-refractivity contribution < 1.29 is 14.3 Å². The second-order valence-corrected chi connectivity index (χ2v) is 9.33. The van der Waals surface area contributed by atoms with Crippen molar-refractivity contribution in [2.45, 2.75) is 44.4 Å². The summed E-state index contributed by atoms with van der Waals surface area (Å²) < 4.78 is 5.69. The Morgan fingerprint density at radius 3 is 2.20 bits per heavy atom. The minimum absolute atomic E-state index is 0.0312. The topological polar surface area (TPSA) is 58.6 Å². The fourth-order valence-corrected chi connectivity index (χ4v) is 4.48. The summed E-state index contributed by atoms with van der Waals surface area (Å²) in [4.78, 5) is 29.0. The zero-order valence-electron chi connectivity index (χ0n) is 19.7. The van der Waals surface area contributed by atoms with Gasteiger partial charge in [-0.25, -0.2) is 0 Å². The summed E-state index contributed by atoms with van der Waals surface area (Å²) in [5, 5.41) is 3.69. The van der Waals surface area contributed by atoms with Crippen LogP contribution >= 0.6 is 11.6 Å². The Hall–Kier alpha value is -3.15. The van der Waals surface area contributed by atoms with Crippen LogP contribution in [0.1, 0.15) is 29.5 Å². The summed E-state index contributed by atoms with van der Waals surface area (Å²) in [5.41, 5.74) is 2.83. The number of rotatable bonds is 10. The van der Waals surface area contributed by atoms with Gasteiger partial charge in [-0.1, -0.05) is 84.4 Å². The van der Waals surface area contributed by atoms with Gasteiger partial charge in [0.05, 0.1) is 12.5 Å². The zero-order chi connectivity index (χ0) is 24.5. The zero-order valence-corrected chi connectivity index (χ0v) is 20.5. The highest BCUT2D eigenvalue weighted by Crippen LogP contribution is 2.18. The first-order valence-electron chi connectivity index (χ1n) is 12.1. The largest absolute Gasteiger partial charge is 0.376 e. The minimum atomic E-state index is -0.654. The first-order valence-corrected chi connectivity index (χ1v) is 12.5. The molecule has 4 rings (SSSR count). The Morgan fingerprint density at radius 1 is 0.914 bits per heavy atom. The van der Waals surface area contributed by atoms with Crippen LogP contribution in [0.15, 0.2) is 84.9 Å². The van der Waals surface area contributed by atoms with Gasteiger partial charge in [0.1, 0.15) is 6.04 Å². The molecule has 35 heavy (non-hydrogen) atoms. The molecule has 1 saturated heterocycles. The van der Waals surface area contributed by atoms with E-state index in [9.17, 15) is 9.59 Å². The van der Waals surface area contributed by atoms with Crippen LogP contribution in [0.5, 0.6) is 0 Å². The van der Waals surface area contributed by atoms with E-state index in [-0.39, 0.29) is 24.3 Å². The number of halogens is 1. The lowest BCUT2D eigenvalue weighted by molar-refractivity contribution is -0.141. The van der Waals surface area contributed by atoms with E-state index in [1.54, 1.807) is 17.0 Å². The fraction of sp³-hybridized carbons (Fsp3) is 0.310. The van der Waals surface area contributed by atoms with E-state index in [2.05, 4.69) is 5.32 Å². The molecule has 0 unspecified atom stereocenters. The number of amides is 2. The molecule has 1 aliphatic heterocycles. The van der Waals surface area contributed by atoms with Crippen LogP contribution in [0.25, 0.3) is 0 Å². The van der Waals surface area contributed by atoms with Gasteiger partial charge in [0.2, 0.25) is 11.8 Å². The van der Waals surface area contributed by atoms with Crippen molar-refractivity contribution in [2.24, 2.45) is 0 Å². The molecule has 2 atom stereocenters. The standard InChI is InChI=1S/C29H31ClN2O3/c30-25-15-13-23(14-16-25)19-28(33)32(21-24-10-5-2-6-11-24)27(18-22-8-3-1-4-9-22)29(34)31-20-26-12-7-17-35-26/h1-6,8-11,13-16,26-27H,7,12,17-21H2,(H,31,34)/t26-,27+/m0/s1. The summed E-state index contributed by atoms with van der Waals surface area (Å²) in [5.74, 6) is -0.269. The van der Waals surface area contributed by atoms with E-state index in [0.29, 0.717) is 24.5 Å². The Kier molecular flexibility index (Phi) is 8.93. The average Bonchev–Trinajstić information content (AvgIpc) is 3.41. The molecule has 2 amide bonds. The highest BCUT2D eigenvalue weighted by atomic mass is 35.5. The predicted molar refractivity (Wildman–Crippen MR) is 138 cm³/mol. The average molecular weight is 491 g/mol. The molecule has 6 heteroatoms. The van der Waals surface area contributed by atoms with Crippen molar-refractivity contribution in [2.75, 3.05) is 13.2 Å². The number of nitrogens with zero attached hydrogens (tertiary/aromatic N) is 1. The van der Waals surface area contributed by atoms with Gasteiger partial charge in [-0.2, -0.15) is 0 Å². The second-order valence-electron chi connectivity index (χ2n) is 8.90. The van der Waals surface area contributed by atoms with Gasteiger partial charge in [-0.05, 0) is 41.7 Å². The molecule has 3 aromatic rings. The molecular weight excluding hydrogens is 460 g/mol. The molecule has 1 heterocycles. The number of hydrogen-bond donors (Lipinski definition) is 1. The SMILES string of the molecule is O=C(NC[C@@H]1CCCO1)[C@@H](Cc1ccccc1)N(Cc1ccccc1)C(=O)Cc1ccc(Cl)cc1. The molecular formula is C29H31ClN2O3. The molecule has 0 aliphatic carbocycles. The van der Waals surface area contributed by atoms with E-state index in [4.69, 9.17) is 16.3 Å². The lowest BCUT2D eigenvalue weighted by Crippen LogP contribution is -2.52. The van der Waals surface area contributed by atoms with Crippen molar-refractivity contribution in [3.63, 3.8) is 0 Å². The first kappa shape index (κ1) is 25.0. The van der Waals surface area contributed by atoms with Gasteiger partial charge in [-0.3, -0.25) is 9.59 Å². The number of carbonyl (C=O) groups excluding carboxylic acids is 2. The third kappa shape index (κ3) is 7.41. The highest BCUT2D eigenvalue weighted by Gasteiger charge is 2.31. The molecule has 5 nitrogen and oxygen atoms in total. The Bertz CT molecular complexity index is 1080. The van der Waals surface area contributed by atoms with Crippen LogP contribution < -0.4 is 5.32 Å². The smallest absolute Gasteiger partial charge is 0.243 e. The normalized spacial score (nSPS) is 16.0. The first-order chi connectivity index (χ1) is 17.1. The fourth-order valence-electron chi connectivity index (χ4n) is 4.35. The van der Waals surface area contributed by atoms with Gasteiger partial charge in [0.15, 0.2) is 0 Å². The van der Waals surface area contributed by atoms with Crippen LogP contribution in [-0.4, -0.2) is 42.0 Å². The van der Waals surface area contributed by atoms with Crippen molar-refractivity contribution in [3.8, 4) is 0 Å². The maximum absolute atomic E-state index is 13.7. The van der Waals surface area contributed by atoms with Crippen molar-refractivity contribution in [1.29, 1.82) is 0 Å². The van der Waals surface area contributed by atoms with E-state index in [1.165, 1.54) is 0 Å². The predicted octanol–water partition coefficient (Wildman–Crippen LogP) is 4.82. The van der Waals surface area contributed by atoms with Gasteiger partial charge in [0, 0.05) is 31.1 Å². The molecule has 3 aromatic carbocycles. The lowest BCUT2D eigenvalue weighted by atomic mass is 10.0. The third-order valence-electron chi connectivity index (χ3n) is 6.26. The number of benzene rings is 3. The maximum Gasteiger partial charge on any atom is 0.243 e. The second kappa shape index (κ2) is 12.5. The van der Waals surface area contributed by atoms with E-state index >= 15 is 0 Å². The Morgan fingerprint density at radius 2 is 1.57 bits per heavy atom. The summed E-state index contributed by atoms with van der Waals surface area (Å²) in [6.07, 6.45) is 2.59. The summed E-state index contributed by atoms with van der Waals surface area (Å²) in [7, 11) is 0. The van der Waals surface area contributed by atoms with Gasteiger partial charge in [-0.15, -0.1) is 0 Å². The summed E-state index contributed by atoms with van der Waals surface area (Å²) in [6.45, 7) is 1.53. The van der Waals surface area contributed by atoms with E-state index in [0.717, 1.165) is 36.1 Å². The Labute approximate surface area is 212 Å². The molecule has 1 aliphatic rings. The molecule has 0 aromatic heterocycles. The van der Waals surface area contributed by atoms with Gasteiger partial charge < -0.3 is 15.0 Å². The molecule has 0 bridgehead atoms. The Balaban J connectivity index is 1.60. The number of carbonyl (C=O) groups is 2. The van der Waals surface area contributed by atoms with Gasteiger partial charge in [0.25, 0.3) is 0 Å². The molecule has 1 fully saturated rings. The lowest BCUT2D eigenvalue weighted by Gasteiger charge is -2.32. The van der Waals surface area contributed by atoms with Crippen LogP contribution in [0.3, 0.4) is 0 Å². The molecule has 0 radical (unpaired) electrons. The summed E-state index contributed by atoms with van der Waals surface area (Å²) >= 11 is 6.03. The molecule has 0 saturated carbocycles. The van der Waals surface area contributed by atoms with E-state index in [1.807, 2.05) is 72.8 Å². The van der Waals surface area contributed by atoms with Crippen LogP contribution in [0, 0.1) is 0 Å². The monoisotopic (exact) mass is 490 g/mol. The third-order valence-corrected chi connectivity index (χ3v) is 6.52. The number of hydrogen-bond acceptors (Lipinski definition) is 3. The molecule has 182 valence electrons. The van der Waals surface area contributed by atoms with Crippen LogP contribution in [0.4, 0.5) is 0 Å². The van der Waals surface area contributed by atoms with Crippen molar-refractivity contribution in [1.82, 2.24) is 10.2 Å². The molecule has 1 N–H and O–H groups in total. The minimum Gasteiger partial charge on any atom is -0.376 e. The quantitative estimate of drug-likeness (QED) is 0.443.